The van der Waals surface area contributed by atoms with Crippen molar-refractivity contribution in [3.63, 3.8) is 0 Å². The van der Waals surface area contributed by atoms with Gasteiger partial charge in [-0.15, -0.1) is 5.10 Å². The Labute approximate surface area is 118 Å². The van der Waals surface area contributed by atoms with Crippen molar-refractivity contribution in [3.8, 4) is 11.5 Å². The fourth-order valence-corrected chi connectivity index (χ4v) is 2.54. The lowest BCUT2D eigenvalue weighted by molar-refractivity contribution is 0.757. The minimum atomic E-state index is -0.130. The molecule has 0 aliphatic heterocycles. The van der Waals surface area contributed by atoms with Crippen molar-refractivity contribution < 1.29 is 0 Å². The first-order valence-electron chi connectivity index (χ1n) is 6.54. The van der Waals surface area contributed by atoms with Gasteiger partial charge in [0.1, 0.15) is 5.69 Å². The average molecular weight is 281 g/mol. The molecule has 0 amide bonds. The highest BCUT2D eigenvalue weighted by Gasteiger charge is 2.15. The predicted molar refractivity (Wildman–Crippen MR) is 75.8 cm³/mol. The summed E-state index contributed by atoms with van der Waals surface area (Å²) >= 11 is 0. The van der Waals surface area contributed by atoms with Gasteiger partial charge in [0.2, 0.25) is 5.65 Å². The number of hydrogen-bond donors (Lipinski definition) is 1. The average Bonchev–Trinajstić information content (AvgIpc) is 3.17. The number of aryl methyl sites for hydroxylation is 1. The van der Waals surface area contributed by atoms with Gasteiger partial charge >= 0.3 is 0 Å². The zero-order valence-corrected chi connectivity index (χ0v) is 11.2. The van der Waals surface area contributed by atoms with Crippen LogP contribution in [0.3, 0.4) is 0 Å². The first-order chi connectivity index (χ1) is 10.3. The smallest absolute Gasteiger partial charge is 0.294 e. The lowest BCUT2D eigenvalue weighted by Crippen LogP contribution is -2.22. The number of aromatic amines is 1. The molecule has 3 heterocycles. The number of nitrogens with zero attached hydrogens (tertiary/aromatic N) is 6. The van der Waals surface area contributed by atoms with Crippen LogP contribution < -0.4 is 5.56 Å². The SMILES string of the molecule is CCn1c(=O)c2nc(-c3nnn[nH]3)cn2c2ccccc21. The number of hydrogen-bond acceptors (Lipinski definition) is 5. The second-order valence-electron chi connectivity index (χ2n) is 4.61. The van der Waals surface area contributed by atoms with Crippen molar-refractivity contribution in [1.29, 1.82) is 0 Å². The van der Waals surface area contributed by atoms with Crippen molar-refractivity contribution in [2.75, 3.05) is 0 Å². The molecule has 0 radical (unpaired) electrons. The maximum absolute atomic E-state index is 12.6. The standard InChI is InChI=1S/C13H11N7O/c1-2-19-9-5-3-4-6-10(9)20-7-8(11-15-17-18-16-11)14-12(20)13(19)21/h3-7H,2H2,1H3,(H,15,16,17,18). The van der Waals surface area contributed by atoms with E-state index in [9.17, 15) is 4.79 Å². The van der Waals surface area contributed by atoms with E-state index in [0.29, 0.717) is 23.7 Å². The molecule has 1 N–H and O–H groups in total. The van der Waals surface area contributed by atoms with E-state index in [4.69, 9.17) is 0 Å². The van der Waals surface area contributed by atoms with E-state index in [0.717, 1.165) is 11.0 Å². The third-order valence-electron chi connectivity index (χ3n) is 3.48. The van der Waals surface area contributed by atoms with Crippen LogP contribution in [0.2, 0.25) is 0 Å². The molecule has 104 valence electrons. The summed E-state index contributed by atoms with van der Waals surface area (Å²) in [5, 5.41) is 13.6. The number of para-hydroxylation sites is 2. The Kier molecular flexibility index (Phi) is 2.37. The molecule has 0 spiro atoms. The van der Waals surface area contributed by atoms with Gasteiger partial charge in [-0.05, 0) is 29.5 Å². The van der Waals surface area contributed by atoms with Gasteiger partial charge in [0.05, 0.1) is 11.0 Å². The summed E-state index contributed by atoms with van der Waals surface area (Å²) in [5.41, 5.74) is 2.56. The number of fused-ring (bicyclic) bond motifs is 3. The van der Waals surface area contributed by atoms with E-state index < -0.39 is 0 Å². The normalized spacial score (nSPS) is 11.5. The van der Waals surface area contributed by atoms with Gasteiger partial charge in [0.15, 0.2) is 5.82 Å². The van der Waals surface area contributed by atoms with Gasteiger partial charge in [-0.3, -0.25) is 9.20 Å². The van der Waals surface area contributed by atoms with E-state index in [2.05, 4.69) is 25.6 Å². The number of aromatic nitrogens is 7. The monoisotopic (exact) mass is 281 g/mol. The zero-order valence-electron chi connectivity index (χ0n) is 11.2. The van der Waals surface area contributed by atoms with E-state index in [-0.39, 0.29) is 5.56 Å². The van der Waals surface area contributed by atoms with Crippen LogP contribution in [0.5, 0.6) is 0 Å². The van der Waals surface area contributed by atoms with Crippen LogP contribution in [-0.2, 0) is 6.54 Å². The van der Waals surface area contributed by atoms with Gasteiger partial charge in [-0.2, -0.15) is 0 Å². The fourth-order valence-electron chi connectivity index (χ4n) is 2.54. The maximum atomic E-state index is 12.6. The molecule has 4 rings (SSSR count). The van der Waals surface area contributed by atoms with Crippen LogP contribution in [0.4, 0.5) is 0 Å². The van der Waals surface area contributed by atoms with E-state index >= 15 is 0 Å². The first-order valence-corrected chi connectivity index (χ1v) is 6.54. The highest BCUT2D eigenvalue weighted by atomic mass is 16.1. The number of benzene rings is 1. The number of nitrogens with one attached hydrogen (secondary N) is 1. The van der Waals surface area contributed by atoms with Crippen LogP contribution in [0, 0.1) is 0 Å². The molecule has 4 aromatic rings. The Morgan fingerprint density at radius 2 is 2.05 bits per heavy atom. The molecular formula is C13H11N7O. The molecule has 0 saturated carbocycles. The Bertz CT molecular complexity index is 997. The third kappa shape index (κ3) is 1.59. The summed E-state index contributed by atoms with van der Waals surface area (Å²) in [7, 11) is 0. The summed E-state index contributed by atoms with van der Waals surface area (Å²) in [4.78, 5) is 16.9. The lowest BCUT2D eigenvalue weighted by Gasteiger charge is -2.09. The molecule has 8 nitrogen and oxygen atoms in total. The Morgan fingerprint density at radius 3 is 2.76 bits per heavy atom. The highest BCUT2D eigenvalue weighted by molar-refractivity contribution is 5.79. The van der Waals surface area contributed by atoms with Crippen LogP contribution in [0.1, 0.15) is 6.92 Å². The van der Waals surface area contributed by atoms with E-state index in [1.54, 1.807) is 15.2 Å². The fraction of sp³-hybridized carbons (Fsp3) is 0.154. The van der Waals surface area contributed by atoms with Crippen molar-refractivity contribution in [2.24, 2.45) is 0 Å². The predicted octanol–water partition coefficient (Wildman–Crippen LogP) is 0.849. The molecule has 0 aliphatic carbocycles. The summed E-state index contributed by atoms with van der Waals surface area (Å²) in [6, 6.07) is 7.73. The summed E-state index contributed by atoms with van der Waals surface area (Å²) in [6.07, 6.45) is 1.77. The molecule has 0 unspecified atom stereocenters. The number of rotatable bonds is 2. The van der Waals surface area contributed by atoms with Crippen molar-refractivity contribution >= 4 is 16.7 Å². The summed E-state index contributed by atoms with van der Waals surface area (Å²) in [5.74, 6) is 0.435. The summed E-state index contributed by atoms with van der Waals surface area (Å²) < 4.78 is 3.49. The van der Waals surface area contributed by atoms with Crippen molar-refractivity contribution in [3.05, 3.63) is 40.8 Å². The topological polar surface area (TPSA) is 93.8 Å². The second kappa shape index (κ2) is 4.23. The molecule has 0 fully saturated rings. The molecule has 0 bridgehead atoms. The number of H-pyrrole nitrogens is 1. The molecule has 21 heavy (non-hydrogen) atoms. The maximum Gasteiger partial charge on any atom is 0.294 e. The van der Waals surface area contributed by atoms with Gasteiger partial charge in [0, 0.05) is 12.7 Å². The van der Waals surface area contributed by atoms with Gasteiger partial charge < -0.3 is 4.57 Å². The second-order valence-corrected chi connectivity index (χ2v) is 4.61. The largest absolute Gasteiger partial charge is 0.304 e. The Morgan fingerprint density at radius 1 is 1.24 bits per heavy atom. The van der Waals surface area contributed by atoms with Crippen molar-refractivity contribution in [1.82, 2.24) is 34.6 Å². The molecule has 3 aromatic heterocycles. The summed E-state index contributed by atoms with van der Waals surface area (Å²) in [6.45, 7) is 2.52. The highest BCUT2D eigenvalue weighted by Crippen LogP contribution is 2.18. The quantitative estimate of drug-likeness (QED) is 0.588. The molecular weight excluding hydrogens is 270 g/mol. The van der Waals surface area contributed by atoms with Crippen LogP contribution >= 0.6 is 0 Å². The third-order valence-corrected chi connectivity index (χ3v) is 3.48. The van der Waals surface area contributed by atoms with Crippen LogP contribution in [0.25, 0.3) is 28.2 Å². The van der Waals surface area contributed by atoms with Gasteiger partial charge in [0.25, 0.3) is 5.56 Å². The molecule has 1 aromatic carbocycles. The minimum Gasteiger partial charge on any atom is -0.304 e. The molecule has 0 atom stereocenters. The van der Waals surface area contributed by atoms with E-state index in [1.165, 1.54) is 0 Å². The first kappa shape index (κ1) is 11.8. The van der Waals surface area contributed by atoms with Gasteiger partial charge in [-0.1, -0.05) is 12.1 Å². The Hall–Kier alpha value is -3.03. The van der Waals surface area contributed by atoms with Crippen molar-refractivity contribution in [2.45, 2.75) is 13.5 Å². The molecule has 0 saturated heterocycles. The number of imidazole rings is 1. The number of tetrazole rings is 1. The Balaban J connectivity index is 2.18. The molecule has 8 heteroatoms. The molecule has 0 aliphatic rings. The van der Waals surface area contributed by atoms with Crippen LogP contribution in [0.15, 0.2) is 35.3 Å². The van der Waals surface area contributed by atoms with Crippen LogP contribution in [-0.4, -0.2) is 34.6 Å². The zero-order chi connectivity index (χ0) is 14.4. The van der Waals surface area contributed by atoms with E-state index in [1.807, 2.05) is 31.2 Å². The lowest BCUT2D eigenvalue weighted by atomic mass is 10.3. The minimum absolute atomic E-state index is 0.130. The van der Waals surface area contributed by atoms with Gasteiger partial charge in [-0.25, -0.2) is 10.1 Å².